The van der Waals surface area contributed by atoms with Crippen LogP contribution in [0.25, 0.3) is 0 Å². The molecule has 16 heavy (non-hydrogen) atoms. The first kappa shape index (κ1) is 10.6. The SMILES string of the molecule is CN(Cc1ccc(F)cc1)c1cccnc1. The van der Waals surface area contributed by atoms with Gasteiger partial charge in [-0.25, -0.2) is 4.39 Å². The zero-order chi connectivity index (χ0) is 11.4. The Morgan fingerprint density at radius 3 is 2.56 bits per heavy atom. The lowest BCUT2D eigenvalue weighted by molar-refractivity contribution is 0.627. The minimum absolute atomic E-state index is 0.201. The second-order valence-corrected chi connectivity index (χ2v) is 3.69. The fourth-order valence-corrected chi connectivity index (χ4v) is 1.53. The Hall–Kier alpha value is -1.90. The van der Waals surface area contributed by atoms with E-state index in [2.05, 4.69) is 9.88 Å². The van der Waals surface area contributed by atoms with Crippen LogP contribution in [-0.2, 0) is 6.54 Å². The maximum atomic E-state index is 12.7. The molecule has 0 atom stereocenters. The number of hydrogen-bond acceptors (Lipinski definition) is 2. The predicted octanol–water partition coefficient (Wildman–Crippen LogP) is 2.86. The van der Waals surface area contributed by atoms with Gasteiger partial charge in [-0.2, -0.15) is 0 Å². The van der Waals surface area contributed by atoms with Crippen molar-refractivity contribution >= 4 is 5.69 Å². The van der Waals surface area contributed by atoms with Crippen LogP contribution in [0.15, 0.2) is 48.8 Å². The van der Waals surface area contributed by atoms with E-state index in [1.807, 2.05) is 25.4 Å². The monoisotopic (exact) mass is 216 g/mol. The van der Waals surface area contributed by atoms with Gasteiger partial charge in [0, 0.05) is 19.8 Å². The summed E-state index contributed by atoms with van der Waals surface area (Å²) < 4.78 is 12.7. The quantitative estimate of drug-likeness (QED) is 0.784. The van der Waals surface area contributed by atoms with Crippen molar-refractivity contribution in [2.75, 3.05) is 11.9 Å². The number of halogens is 1. The highest BCUT2D eigenvalue weighted by Crippen LogP contribution is 2.13. The van der Waals surface area contributed by atoms with Gasteiger partial charge in [0.2, 0.25) is 0 Å². The molecule has 0 unspecified atom stereocenters. The van der Waals surface area contributed by atoms with Gasteiger partial charge in [-0.1, -0.05) is 12.1 Å². The highest BCUT2D eigenvalue weighted by Gasteiger charge is 2.01. The summed E-state index contributed by atoms with van der Waals surface area (Å²) >= 11 is 0. The molecule has 0 saturated heterocycles. The lowest BCUT2D eigenvalue weighted by Crippen LogP contribution is -2.16. The van der Waals surface area contributed by atoms with Crippen LogP contribution >= 0.6 is 0 Å². The molecule has 0 saturated carbocycles. The molecule has 1 heterocycles. The van der Waals surface area contributed by atoms with Gasteiger partial charge in [0.1, 0.15) is 5.82 Å². The molecule has 0 amide bonds. The van der Waals surface area contributed by atoms with Crippen LogP contribution < -0.4 is 4.90 Å². The third-order valence-corrected chi connectivity index (χ3v) is 2.42. The number of hydrogen-bond donors (Lipinski definition) is 0. The van der Waals surface area contributed by atoms with Crippen molar-refractivity contribution in [3.63, 3.8) is 0 Å². The highest BCUT2D eigenvalue weighted by molar-refractivity contribution is 5.43. The molecule has 0 spiro atoms. The molecule has 82 valence electrons. The molecule has 0 fully saturated rings. The van der Waals surface area contributed by atoms with Crippen LogP contribution in [0, 0.1) is 5.82 Å². The molecule has 2 nitrogen and oxygen atoms in total. The van der Waals surface area contributed by atoms with E-state index in [1.54, 1.807) is 18.3 Å². The summed E-state index contributed by atoms with van der Waals surface area (Å²) in [5.41, 5.74) is 2.12. The third-order valence-electron chi connectivity index (χ3n) is 2.42. The van der Waals surface area contributed by atoms with Gasteiger partial charge in [0.25, 0.3) is 0 Å². The average Bonchev–Trinajstić information content (AvgIpc) is 2.33. The van der Waals surface area contributed by atoms with Gasteiger partial charge >= 0.3 is 0 Å². The lowest BCUT2D eigenvalue weighted by Gasteiger charge is -2.18. The molecule has 0 aliphatic carbocycles. The van der Waals surface area contributed by atoms with Crippen LogP contribution in [-0.4, -0.2) is 12.0 Å². The lowest BCUT2D eigenvalue weighted by atomic mass is 10.2. The summed E-state index contributed by atoms with van der Waals surface area (Å²) in [6.45, 7) is 0.742. The summed E-state index contributed by atoms with van der Waals surface area (Å²) in [6, 6.07) is 10.4. The fraction of sp³-hybridized carbons (Fsp3) is 0.154. The molecule has 1 aromatic carbocycles. The number of anilines is 1. The van der Waals surface area contributed by atoms with E-state index in [1.165, 1.54) is 12.1 Å². The number of benzene rings is 1. The van der Waals surface area contributed by atoms with Gasteiger partial charge in [-0.3, -0.25) is 4.98 Å². The highest BCUT2D eigenvalue weighted by atomic mass is 19.1. The molecule has 0 aliphatic heterocycles. The first-order valence-electron chi connectivity index (χ1n) is 5.11. The number of pyridine rings is 1. The Bertz CT molecular complexity index is 439. The fourth-order valence-electron chi connectivity index (χ4n) is 1.53. The van der Waals surface area contributed by atoms with E-state index in [9.17, 15) is 4.39 Å². The van der Waals surface area contributed by atoms with E-state index in [-0.39, 0.29) is 5.82 Å². The minimum atomic E-state index is -0.201. The van der Waals surface area contributed by atoms with Crippen LogP contribution in [0.1, 0.15) is 5.56 Å². The Labute approximate surface area is 94.4 Å². The van der Waals surface area contributed by atoms with Crippen molar-refractivity contribution in [3.05, 3.63) is 60.2 Å². The van der Waals surface area contributed by atoms with Gasteiger partial charge in [0.05, 0.1) is 11.9 Å². The molecule has 0 aliphatic rings. The predicted molar refractivity (Wildman–Crippen MR) is 62.7 cm³/mol. The molecule has 3 heteroatoms. The largest absolute Gasteiger partial charge is 0.369 e. The van der Waals surface area contributed by atoms with E-state index in [4.69, 9.17) is 0 Å². The van der Waals surface area contributed by atoms with Gasteiger partial charge in [-0.05, 0) is 29.8 Å². The Balaban J connectivity index is 2.08. The van der Waals surface area contributed by atoms with Gasteiger partial charge in [-0.15, -0.1) is 0 Å². The normalized spacial score (nSPS) is 10.1. The summed E-state index contributed by atoms with van der Waals surface area (Å²) in [4.78, 5) is 6.13. The molecule has 0 N–H and O–H groups in total. The van der Waals surface area contributed by atoms with E-state index in [0.717, 1.165) is 17.8 Å². The smallest absolute Gasteiger partial charge is 0.123 e. The maximum absolute atomic E-state index is 12.7. The van der Waals surface area contributed by atoms with E-state index in [0.29, 0.717) is 0 Å². The molecule has 2 rings (SSSR count). The second kappa shape index (κ2) is 4.75. The van der Waals surface area contributed by atoms with Crippen LogP contribution in [0.3, 0.4) is 0 Å². The molecule has 0 bridgehead atoms. The summed E-state index contributed by atoms with van der Waals surface area (Å²) in [5.74, 6) is -0.201. The zero-order valence-electron chi connectivity index (χ0n) is 9.10. The molecule has 2 aromatic rings. The zero-order valence-corrected chi connectivity index (χ0v) is 9.10. The van der Waals surface area contributed by atoms with Gasteiger partial charge in [0.15, 0.2) is 0 Å². The van der Waals surface area contributed by atoms with Crippen molar-refractivity contribution in [2.45, 2.75) is 6.54 Å². The number of nitrogens with zero attached hydrogens (tertiary/aromatic N) is 2. The Morgan fingerprint density at radius 1 is 1.19 bits per heavy atom. The summed E-state index contributed by atoms with van der Waals surface area (Å²) in [6.07, 6.45) is 3.55. The molecule has 0 radical (unpaired) electrons. The molecular weight excluding hydrogens is 203 g/mol. The average molecular weight is 216 g/mol. The van der Waals surface area contributed by atoms with E-state index >= 15 is 0 Å². The first-order valence-corrected chi connectivity index (χ1v) is 5.11. The van der Waals surface area contributed by atoms with Gasteiger partial charge < -0.3 is 4.90 Å². The Morgan fingerprint density at radius 2 is 1.94 bits per heavy atom. The molecular formula is C13H13FN2. The molecule has 1 aromatic heterocycles. The van der Waals surface area contributed by atoms with Crippen molar-refractivity contribution in [3.8, 4) is 0 Å². The number of rotatable bonds is 3. The van der Waals surface area contributed by atoms with Crippen LogP contribution in [0.5, 0.6) is 0 Å². The Kier molecular flexibility index (Phi) is 3.15. The minimum Gasteiger partial charge on any atom is -0.369 e. The van der Waals surface area contributed by atoms with Crippen molar-refractivity contribution in [1.29, 1.82) is 0 Å². The van der Waals surface area contributed by atoms with Crippen molar-refractivity contribution < 1.29 is 4.39 Å². The van der Waals surface area contributed by atoms with Crippen molar-refractivity contribution in [2.24, 2.45) is 0 Å². The standard InChI is InChI=1S/C13H13FN2/c1-16(13-3-2-8-15-9-13)10-11-4-6-12(14)7-5-11/h2-9H,10H2,1H3. The third kappa shape index (κ3) is 2.57. The van der Waals surface area contributed by atoms with Crippen LogP contribution in [0.2, 0.25) is 0 Å². The first-order chi connectivity index (χ1) is 7.75. The topological polar surface area (TPSA) is 16.1 Å². The maximum Gasteiger partial charge on any atom is 0.123 e. The number of aromatic nitrogens is 1. The summed E-state index contributed by atoms with van der Waals surface area (Å²) in [5, 5.41) is 0. The summed E-state index contributed by atoms with van der Waals surface area (Å²) in [7, 11) is 1.99. The van der Waals surface area contributed by atoms with E-state index < -0.39 is 0 Å². The second-order valence-electron chi connectivity index (χ2n) is 3.69. The van der Waals surface area contributed by atoms with Crippen LogP contribution in [0.4, 0.5) is 10.1 Å². The van der Waals surface area contributed by atoms with Crippen molar-refractivity contribution in [1.82, 2.24) is 4.98 Å².